The summed E-state index contributed by atoms with van der Waals surface area (Å²) in [6.45, 7) is 3.89. The van der Waals surface area contributed by atoms with E-state index >= 15 is 0 Å². The Balaban J connectivity index is 1.97. The molecule has 0 aromatic heterocycles. The predicted molar refractivity (Wildman–Crippen MR) is 93.7 cm³/mol. The van der Waals surface area contributed by atoms with Gasteiger partial charge >= 0.3 is 5.97 Å². The highest BCUT2D eigenvalue weighted by Gasteiger charge is 2.64. The number of carbonyl (C=O) groups excluding carboxylic acids is 2. The number of hydrogen-bond acceptors (Lipinski definition) is 3. The number of hydrogen-bond donors (Lipinski definition) is 0. The lowest BCUT2D eigenvalue weighted by molar-refractivity contribution is -0.157. The average Bonchev–Trinajstić information content (AvgIpc) is 3.04. The van der Waals surface area contributed by atoms with Gasteiger partial charge in [0.15, 0.2) is 0 Å². The second-order valence-corrected chi connectivity index (χ2v) is 6.25. The van der Waals surface area contributed by atoms with Crippen LogP contribution < -0.4 is 4.90 Å². The third-order valence-corrected chi connectivity index (χ3v) is 4.88. The SMILES string of the molecule is C#CCN1C(=O)[C@]2(OC(=O)C(=C)[C@H]2c2ccc(F)cc2)c2ccccc21. The maximum absolute atomic E-state index is 13.4. The molecular formula is C21H14FNO3. The van der Waals surface area contributed by atoms with Crippen LogP contribution >= 0.6 is 0 Å². The minimum Gasteiger partial charge on any atom is -0.439 e. The summed E-state index contributed by atoms with van der Waals surface area (Å²) in [7, 11) is 0. The Morgan fingerprint density at radius 2 is 1.88 bits per heavy atom. The number of benzene rings is 2. The van der Waals surface area contributed by atoms with E-state index in [9.17, 15) is 14.0 Å². The topological polar surface area (TPSA) is 46.6 Å². The van der Waals surface area contributed by atoms with E-state index in [2.05, 4.69) is 12.5 Å². The highest BCUT2D eigenvalue weighted by Crippen LogP contribution is 2.56. The molecule has 2 heterocycles. The molecule has 26 heavy (non-hydrogen) atoms. The molecule has 0 bridgehead atoms. The molecule has 0 N–H and O–H groups in total. The zero-order valence-corrected chi connectivity index (χ0v) is 13.7. The lowest BCUT2D eigenvalue weighted by Gasteiger charge is -2.28. The molecule has 5 heteroatoms. The molecule has 0 saturated carbocycles. The van der Waals surface area contributed by atoms with Crippen LogP contribution in [0.1, 0.15) is 17.0 Å². The van der Waals surface area contributed by atoms with E-state index in [0.29, 0.717) is 16.8 Å². The number of rotatable bonds is 2. The summed E-state index contributed by atoms with van der Waals surface area (Å²) in [5, 5.41) is 0. The first-order valence-electron chi connectivity index (χ1n) is 8.03. The van der Waals surface area contributed by atoms with Gasteiger partial charge in [0.25, 0.3) is 5.91 Å². The van der Waals surface area contributed by atoms with Crippen molar-refractivity contribution < 1.29 is 18.7 Å². The van der Waals surface area contributed by atoms with Crippen LogP contribution in [0.2, 0.25) is 0 Å². The number of fused-ring (bicyclic) bond motifs is 2. The van der Waals surface area contributed by atoms with Gasteiger partial charge in [-0.3, -0.25) is 9.69 Å². The van der Waals surface area contributed by atoms with Crippen molar-refractivity contribution in [2.75, 3.05) is 11.4 Å². The van der Waals surface area contributed by atoms with Gasteiger partial charge in [-0.1, -0.05) is 42.8 Å². The number of ether oxygens (including phenoxy) is 1. The Bertz CT molecular complexity index is 989. The van der Waals surface area contributed by atoms with E-state index < -0.39 is 29.2 Å². The molecule has 2 aromatic rings. The minimum atomic E-state index is -1.57. The zero-order chi connectivity index (χ0) is 18.5. The number of carbonyl (C=O) groups is 2. The summed E-state index contributed by atoms with van der Waals surface area (Å²) in [6, 6.07) is 12.7. The number of esters is 1. The second-order valence-electron chi connectivity index (χ2n) is 6.25. The monoisotopic (exact) mass is 347 g/mol. The van der Waals surface area contributed by atoms with Crippen LogP contribution in [-0.4, -0.2) is 18.4 Å². The van der Waals surface area contributed by atoms with Crippen LogP contribution in [0.15, 0.2) is 60.7 Å². The molecule has 1 spiro atoms. The zero-order valence-electron chi connectivity index (χ0n) is 13.7. The second kappa shape index (κ2) is 5.57. The van der Waals surface area contributed by atoms with Gasteiger partial charge < -0.3 is 4.74 Å². The van der Waals surface area contributed by atoms with E-state index in [1.165, 1.54) is 29.2 Å². The van der Waals surface area contributed by atoms with Crippen LogP contribution in [0, 0.1) is 18.2 Å². The lowest BCUT2D eigenvalue weighted by atomic mass is 9.76. The maximum atomic E-state index is 13.4. The number of para-hydroxylation sites is 1. The van der Waals surface area contributed by atoms with Crippen molar-refractivity contribution in [1.82, 2.24) is 0 Å². The standard InChI is InChI=1S/C21H14FNO3/c1-3-12-23-17-7-5-4-6-16(17)21(20(23)25)18(13(2)19(24)26-21)14-8-10-15(22)11-9-14/h1,4-11,18H,2,12H2/t18-,21-/m0/s1. The van der Waals surface area contributed by atoms with Crippen molar-refractivity contribution in [3.63, 3.8) is 0 Å². The third-order valence-electron chi connectivity index (χ3n) is 4.88. The Morgan fingerprint density at radius 3 is 2.58 bits per heavy atom. The molecule has 2 aliphatic heterocycles. The third kappa shape index (κ3) is 1.96. The molecule has 4 rings (SSSR count). The van der Waals surface area contributed by atoms with E-state index in [1.54, 1.807) is 24.3 Å². The van der Waals surface area contributed by atoms with Gasteiger partial charge in [0, 0.05) is 11.1 Å². The summed E-state index contributed by atoms with van der Waals surface area (Å²) >= 11 is 0. The molecule has 1 amide bonds. The van der Waals surface area contributed by atoms with Crippen molar-refractivity contribution in [2.45, 2.75) is 11.5 Å². The Kier molecular flexibility index (Phi) is 3.45. The van der Waals surface area contributed by atoms with Crippen molar-refractivity contribution in [1.29, 1.82) is 0 Å². The van der Waals surface area contributed by atoms with Gasteiger partial charge in [0.1, 0.15) is 5.82 Å². The lowest BCUT2D eigenvalue weighted by Crippen LogP contribution is -2.43. The number of anilines is 1. The summed E-state index contributed by atoms with van der Waals surface area (Å²) < 4.78 is 19.0. The van der Waals surface area contributed by atoms with E-state index in [4.69, 9.17) is 11.2 Å². The first-order valence-corrected chi connectivity index (χ1v) is 8.03. The first-order chi connectivity index (χ1) is 12.5. The smallest absolute Gasteiger partial charge is 0.335 e. The number of amides is 1. The fourth-order valence-corrected chi connectivity index (χ4v) is 3.80. The largest absolute Gasteiger partial charge is 0.439 e. The number of nitrogens with zero attached hydrogens (tertiary/aromatic N) is 1. The van der Waals surface area contributed by atoms with E-state index in [0.717, 1.165) is 0 Å². The first kappa shape index (κ1) is 16.1. The summed E-state index contributed by atoms with van der Waals surface area (Å²) in [5.41, 5.74) is 0.321. The fraction of sp³-hybridized carbons (Fsp3) is 0.143. The Morgan fingerprint density at radius 1 is 1.19 bits per heavy atom. The Hall–Kier alpha value is -3.39. The van der Waals surface area contributed by atoms with Crippen LogP contribution in [0.5, 0.6) is 0 Å². The molecular weight excluding hydrogens is 333 g/mol. The summed E-state index contributed by atoms with van der Waals surface area (Å²) in [5.74, 6) is 0.229. The molecule has 128 valence electrons. The van der Waals surface area contributed by atoms with Gasteiger partial charge in [0.05, 0.1) is 18.2 Å². The number of terminal acetylenes is 1. The molecule has 2 aliphatic rings. The summed E-state index contributed by atoms with van der Waals surface area (Å²) in [6.07, 6.45) is 5.42. The fourth-order valence-electron chi connectivity index (χ4n) is 3.80. The van der Waals surface area contributed by atoms with Crippen molar-refractivity contribution >= 4 is 17.6 Å². The van der Waals surface area contributed by atoms with Crippen LogP contribution in [0.3, 0.4) is 0 Å². The quantitative estimate of drug-likeness (QED) is 0.477. The van der Waals surface area contributed by atoms with Crippen molar-refractivity contribution in [3.05, 3.63) is 77.6 Å². The van der Waals surface area contributed by atoms with Crippen molar-refractivity contribution in [2.24, 2.45) is 0 Å². The van der Waals surface area contributed by atoms with Crippen molar-refractivity contribution in [3.8, 4) is 12.3 Å². The molecule has 0 radical (unpaired) electrons. The highest BCUT2D eigenvalue weighted by atomic mass is 19.1. The van der Waals surface area contributed by atoms with E-state index in [1.807, 2.05) is 0 Å². The normalized spacial score (nSPS) is 23.9. The predicted octanol–water partition coefficient (Wildman–Crippen LogP) is 2.90. The van der Waals surface area contributed by atoms with Gasteiger partial charge in [-0.05, 0) is 23.8 Å². The van der Waals surface area contributed by atoms with E-state index in [-0.39, 0.29) is 12.1 Å². The van der Waals surface area contributed by atoms with Gasteiger partial charge in [0.2, 0.25) is 5.60 Å². The maximum Gasteiger partial charge on any atom is 0.335 e. The molecule has 2 atom stereocenters. The van der Waals surface area contributed by atoms with Gasteiger partial charge in [-0.2, -0.15) is 0 Å². The molecule has 0 aliphatic carbocycles. The van der Waals surface area contributed by atoms with Crippen LogP contribution in [0.4, 0.5) is 10.1 Å². The van der Waals surface area contributed by atoms with Crippen LogP contribution in [-0.2, 0) is 19.9 Å². The molecule has 4 nitrogen and oxygen atoms in total. The molecule has 0 unspecified atom stereocenters. The van der Waals surface area contributed by atoms with Crippen LogP contribution in [0.25, 0.3) is 0 Å². The summed E-state index contributed by atoms with van der Waals surface area (Å²) in [4.78, 5) is 27.2. The molecule has 1 fully saturated rings. The Labute approximate surface area is 149 Å². The molecule has 1 saturated heterocycles. The minimum absolute atomic E-state index is 0.0533. The highest BCUT2D eigenvalue weighted by molar-refractivity contribution is 6.13. The van der Waals surface area contributed by atoms with Gasteiger partial charge in [-0.15, -0.1) is 6.42 Å². The average molecular weight is 347 g/mol. The molecule has 2 aromatic carbocycles. The number of halogens is 1. The van der Waals surface area contributed by atoms with Gasteiger partial charge in [-0.25, -0.2) is 9.18 Å².